The molecule has 0 atom stereocenters. The molecule has 94 valence electrons. The Bertz CT molecular complexity index is 543. The molecule has 0 saturated heterocycles. The van der Waals surface area contributed by atoms with E-state index >= 15 is 0 Å². The molecule has 0 bridgehead atoms. The van der Waals surface area contributed by atoms with Crippen molar-refractivity contribution in [3.8, 4) is 5.75 Å². The molecule has 0 aliphatic heterocycles. The Morgan fingerprint density at radius 3 is 3.00 bits per heavy atom. The molecule has 2 N–H and O–H groups in total. The highest BCUT2D eigenvalue weighted by Gasteiger charge is 2.07. The van der Waals surface area contributed by atoms with E-state index in [0.29, 0.717) is 23.0 Å². The van der Waals surface area contributed by atoms with E-state index in [1.807, 2.05) is 5.38 Å². The molecule has 2 rings (SSSR count). The molecule has 1 amide bonds. The molecular formula is C12H11BrN2O2S. The van der Waals surface area contributed by atoms with E-state index in [1.54, 1.807) is 29.7 Å². The lowest BCUT2D eigenvalue weighted by molar-refractivity contribution is 0.0953. The largest absolute Gasteiger partial charge is 0.507 e. The number of halogens is 1. The lowest BCUT2D eigenvalue weighted by Gasteiger charge is -2.05. The van der Waals surface area contributed by atoms with E-state index in [0.717, 1.165) is 5.01 Å². The van der Waals surface area contributed by atoms with Crippen molar-refractivity contribution in [2.24, 2.45) is 0 Å². The number of phenolic OH excluding ortho intramolecular Hbond substituents is 1. The second-order valence-corrected chi connectivity index (χ2v) is 5.43. The number of aromatic nitrogens is 1. The molecule has 0 radical (unpaired) electrons. The van der Waals surface area contributed by atoms with Crippen LogP contribution < -0.4 is 5.32 Å². The van der Waals surface area contributed by atoms with Gasteiger partial charge in [0.2, 0.25) is 0 Å². The second-order valence-electron chi connectivity index (χ2n) is 3.60. The summed E-state index contributed by atoms with van der Waals surface area (Å²) in [5.74, 6) is -0.142. The fraction of sp³-hybridized carbons (Fsp3) is 0.167. The molecule has 0 unspecified atom stereocenters. The predicted octanol–water partition coefficient (Wildman–Crippen LogP) is 2.58. The number of aromatic hydroxyl groups is 1. The van der Waals surface area contributed by atoms with Gasteiger partial charge in [0.1, 0.15) is 5.75 Å². The van der Waals surface area contributed by atoms with Gasteiger partial charge < -0.3 is 10.4 Å². The van der Waals surface area contributed by atoms with Gasteiger partial charge in [-0.05, 0) is 34.1 Å². The molecule has 1 heterocycles. The number of nitrogens with one attached hydrogen (secondary N) is 1. The minimum Gasteiger partial charge on any atom is -0.507 e. The highest BCUT2D eigenvalue weighted by atomic mass is 79.9. The van der Waals surface area contributed by atoms with Crippen LogP contribution >= 0.6 is 27.3 Å². The zero-order valence-electron chi connectivity index (χ0n) is 9.39. The van der Waals surface area contributed by atoms with Crippen molar-refractivity contribution in [3.05, 3.63) is 44.8 Å². The molecule has 0 aliphatic carbocycles. The molecule has 2 aromatic rings. The summed E-state index contributed by atoms with van der Waals surface area (Å²) >= 11 is 4.73. The Kier molecular flexibility index (Phi) is 4.33. The fourth-order valence-electron chi connectivity index (χ4n) is 1.42. The lowest BCUT2D eigenvalue weighted by Crippen LogP contribution is -2.25. The first-order chi connectivity index (χ1) is 8.66. The van der Waals surface area contributed by atoms with E-state index in [9.17, 15) is 9.90 Å². The van der Waals surface area contributed by atoms with Gasteiger partial charge >= 0.3 is 0 Å². The third-order valence-electron chi connectivity index (χ3n) is 2.32. The van der Waals surface area contributed by atoms with Crippen molar-refractivity contribution < 1.29 is 9.90 Å². The van der Waals surface area contributed by atoms with Crippen LogP contribution in [0, 0.1) is 0 Å². The zero-order valence-corrected chi connectivity index (χ0v) is 11.8. The second kappa shape index (κ2) is 5.97. The molecule has 6 heteroatoms. The highest BCUT2D eigenvalue weighted by molar-refractivity contribution is 9.10. The van der Waals surface area contributed by atoms with Crippen molar-refractivity contribution in [1.82, 2.24) is 10.3 Å². The van der Waals surface area contributed by atoms with Gasteiger partial charge in [-0.25, -0.2) is 4.98 Å². The van der Waals surface area contributed by atoms with Crippen molar-refractivity contribution in [1.29, 1.82) is 0 Å². The average Bonchev–Trinajstić information content (AvgIpc) is 2.85. The molecule has 0 saturated carbocycles. The number of amides is 1. The quantitative estimate of drug-likeness (QED) is 0.907. The Morgan fingerprint density at radius 1 is 1.50 bits per heavy atom. The summed E-state index contributed by atoms with van der Waals surface area (Å²) in [5, 5.41) is 15.2. The van der Waals surface area contributed by atoms with Crippen molar-refractivity contribution in [3.63, 3.8) is 0 Å². The minimum atomic E-state index is -0.200. The summed E-state index contributed by atoms with van der Waals surface area (Å²) in [6, 6.07) is 4.73. The number of thiazole rings is 1. The number of hydrogen-bond acceptors (Lipinski definition) is 4. The standard InChI is InChI=1S/C12H11BrN2O2S/c13-9-2-1-8(7-10(9)16)12(17)15-4-3-11-14-5-6-18-11/h1-2,5-7,16H,3-4H2,(H,15,17). The molecule has 0 aliphatic rings. The maximum absolute atomic E-state index is 11.8. The van der Waals surface area contributed by atoms with Gasteiger partial charge in [0.05, 0.1) is 9.48 Å². The van der Waals surface area contributed by atoms with Crippen LogP contribution in [-0.2, 0) is 6.42 Å². The first-order valence-corrected chi connectivity index (χ1v) is 6.99. The molecule has 1 aromatic heterocycles. The summed E-state index contributed by atoms with van der Waals surface area (Å²) < 4.78 is 0.571. The SMILES string of the molecule is O=C(NCCc1nccs1)c1ccc(Br)c(O)c1. The summed E-state index contributed by atoms with van der Waals surface area (Å²) in [6.45, 7) is 0.531. The number of nitrogens with zero attached hydrogens (tertiary/aromatic N) is 1. The van der Waals surface area contributed by atoms with Gasteiger partial charge in [-0.3, -0.25) is 4.79 Å². The summed E-state index contributed by atoms with van der Waals surface area (Å²) in [5.41, 5.74) is 0.440. The summed E-state index contributed by atoms with van der Waals surface area (Å²) in [6.07, 6.45) is 2.46. The van der Waals surface area contributed by atoms with Crippen molar-refractivity contribution in [2.45, 2.75) is 6.42 Å². The number of phenols is 1. The number of carbonyl (C=O) groups excluding carboxylic acids is 1. The van der Waals surface area contributed by atoms with Crippen LogP contribution in [0.25, 0.3) is 0 Å². The van der Waals surface area contributed by atoms with Gasteiger partial charge in [-0.15, -0.1) is 11.3 Å². The van der Waals surface area contributed by atoms with Crippen LogP contribution in [-0.4, -0.2) is 22.5 Å². The average molecular weight is 327 g/mol. The predicted molar refractivity (Wildman–Crippen MR) is 74.0 cm³/mol. The van der Waals surface area contributed by atoms with Gasteiger partial charge in [-0.2, -0.15) is 0 Å². The smallest absolute Gasteiger partial charge is 0.251 e. The summed E-state index contributed by atoms with van der Waals surface area (Å²) in [7, 11) is 0. The number of carbonyl (C=O) groups is 1. The molecule has 1 aromatic carbocycles. The maximum atomic E-state index is 11.8. The summed E-state index contributed by atoms with van der Waals surface area (Å²) in [4.78, 5) is 15.9. The van der Waals surface area contributed by atoms with Crippen molar-refractivity contribution in [2.75, 3.05) is 6.54 Å². The first-order valence-electron chi connectivity index (χ1n) is 5.32. The number of rotatable bonds is 4. The lowest BCUT2D eigenvalue weighted by atomic mass is 10.2. The molecule has 18 heavy (non-hydrogen) atoms. The molecular weight excluding hydrogens is 316 g/mol. The number of benzene rings is 1. The zero-order chi connectivity index (χ0) is 13.0. The van der Waals surface area contributed by atoms with Crippen LogP contribution in [0.5, 0.6) is 5.75 Å². The number of hydrogen-bond donors (Lipinski definition) is 2. The Labute approximate surface area is 117 Å². The van der Waals surface area contributed by atoms with Crippen LogP contribution in [0.2, 0.25) is 0 Å². The monoisotopic (exact) mass is 326 g/mol. The minimum absolute atomic E-state index is 0.0579. The van der Waals surface area contributed by atoms with E-state index in [1.165, 1.54) is 6.07 Å². The Morgan fingerprint density at radius 2 is 2.33 bits per heavy atom. The molecule has 0 fully saturated rings. The topological polar surface area (TPSA) is 62.2 Å². The van der Waals surface area contributed by atoms with E-state index in [-0.39, 0.29) is 11.7 Å². The molecule has 4 nitrogen and oxygen atoms in total. The van der Waals surface area contributed by atoms with Gasteiger partial charge in [0.25, 0.3) is 5.91 Å². The van der Waals surface area contributed by atoms with Gasteiger partial charge in [-0.1, -0.05) is 0 Å². The van der Waals surface area contributed by atoms with E-state index in [4.69, 9.17) is 0 Å². The maximum Gasteiger partial charge on any atom is 0.251 e. The van der Waals surface area contributed by atoms with Gasteiger partial charge in [0.15, 0.2) is 0 Å². The van der Waals surface area contributed by atoms with Gasteiger partial charge in [0, 0.05) is 30.1 Å². The third kappa shape index (κ3) is 3.30. The first kappa shape index (κ1) is 13.0. The Balaban J connectivity index is 1.89. The van der Waals surface area contributed by atoms with Crippen molar-refractivity contribution >= 4 is 33.2 Å². The van der Waals surface area contributed by atoms with Crippen LogP contribution in [0.3, 0.4) is 0 Å². The Hall–Kier alpha value is -1.40. The highest BCUT2D eigenvalue weighted by Crippen LogP contribution is 2.24. The van der Waals surface area contributed by atoms with Crippen LogP contribution in [0.15, 0.2) is 34.2 Å². The fourth-order valence-corrected chi connectivity index (χ4v) is 2.28. The van der Waals surface area contributed by atoms with Crippen LogP contribution in [0.1, 0.15) is 15.4 Å². The normalized spacial score (nSPS) is 10.3. The third-order valence-corrected chi connectivity index (χ3v) is 3.83. The van der Waals surface area contributed by atoms with Crippen LogP contribution in [0.4, 0.5) is 0 Å². The van der Waals surface area contributed by atoms with E-state index < -0.39 is 0 Å². The van der Waals surface area contributed by atoms with E-state index in [2.05, 4.69) is 26.2 Å². The molecule has 0 spiro atoms.